The molecule has 0 bridgehead atoms. The van der Waals surface area contributed by atoms with Crippen molar-refractivity contribution in [2.45, 2.75) is 118 Å². The lowest BCUT2D eigenvalue weighted by molar-refractivity contribution is 0.669. The molecule has 0 saturated carbocycles. The van der Waals surface area contributed by atoms with Crippen molar-refractivity contribution in [2.75, 3.05) is 0 Å². The Morgan fingerprint density at radius 1 is 0.250 bits per heavy atom. The number of benzene rings is 7. The van der Waals surface area contributed by atoms with Gasteiger partial charge in [-0.25, -0.2) is 0 Å². The van der Waals surface area contributed by atoms with Crippen molar-refractivity contribution in [3.63, 3.8) is 0 Å². The van der Waals surface area contributed by atoms with Crippen molar-refractivity contribution in [2.24, 2.45) is 0 Å². The zero-order valence-electron chi connectivity index (χ0n) is 36.9. The first-order valence-corrected chi connectivity index (χ1v) is 20.5. The summed E-state index contributed by atoms with van der Waals surface area (Å²) in [6.07, 6.45) is 0. The third-order valence-corrected chi connectivity index (χ3v) is 15.2. The van der Waals surface area contributed by atoms with E-state index in [9.17, 15) is 0 Å². The first-order valence-electron chi connectivity index (χ1n) is 20.5. The number of aryl methyl sites for hydroxylation is 4. The first-order chi connectivity index (χ1) is 26.4. The lowest BCUT2D eigenvalue weighted by Gasteiger charge is -2.30. The van der Waals surface area contributed by atoms with Gasteiger partial charge in [-0.1, -0.05) is 30.3 Å². The summed E-state index contributed by atoms with van der Waals surface area (Å²) in [4.78, 5) is 0. The topological polar surface area (TPSA) is 13.1 Å². The zero-order valence-corrected chi connectivity index (χ0v) is 36.9. The summed E-state index contributed by atoms with van der Waals surface area (Å²) in [5.74, 6) is 0. The fourth-order valence-corrected chi connectivity index (χ4v) is 10.6. The Kier molecular flexibility index (Phi) is 8.74. The number of hydrogen-bond acceptors (Lipinski definition) is 1. The van der Waals surface area contributed by atoms with Gasteiger partial charge in [-0.15, -0.1) is 0 Å². The number of rotatable bonds is 3. The van der Waals surface area contributed by atoms with Gasteiger partial charge in [0.2, 0.25) is 0 Å². The quantitative estimate of drug-likeness (QED) is 0.165. The number of fused-ring (bicyclic) bond motifs is 5. The smallest absolute Gasteiger partial charge is 0.136 e. The highest BCUT2D eigenvalue weighted by molar-refractivity contribution is 6.29. The average Bonchev–Trinajstić information content (AvgIpc) is 3.58. The van der Waals surface area contributed by atoms with Gasteiger partial charge in [-0.3, -0.25) is 0 Å². The molecule has 1 heterocycles. The predicted molar refractivity (Wildman–Crippen MR) is 246 cm³/mol. The van der Waals surface area contributed by atoms with Crippen molar-refractivity contribution in [1.82, 2.24) is 0 Å². The molecule has 0 fully saturated rings. The highest BCUT2D eigenvalue weighted by atomic mass is 16.3. The van der Waals surface area contributed by atoms with E-state index in [1.165, 1.54) is 160 Å². The van der Waals surface area contributed by atoms with E-state index in [-0.39, 0.29) is 0 Å². The fourth-order valence-electron chi connectivity index (χ4n) is 10.6. The van der Waals surface area contributed by atoms with Gasteiger partial charge in [0.05, 0.1) is 0 Å². The van der Waals surface area contributed by atoms with Gasteiger partial charge in [-0.05, 0) is 279 Å². The van der Waals surface area contributed by atoms with Gasteiger partial charge in [-0.2, -0.15) is 0 Å². The molecule has 1 aromatic heterocycles. The molecule has 0 unspecified atom stereocenters. The third-order valence-electron chi connectivity index (χ3n) is 15.2. The third kappa shape index (κ3) is 4.85. The highest BCUT2D eigenvalue weighted by Crippen LogP contribution is 2.54. The largest absolute Gasteiger partial charge is 0.456 e. The van der Waals surface area contributed by atoms with Gasteiger partial charge < -0.3 is 4.42 Å². The van der Waals surface area contributed by atoms with Crippen molar-refractivity contribution in [3.8, 4) is 33.4 Å². The van der Waals surface area contributed by atoms with Crippen LogP contribution in [-0.4, -0.2) is 0 Å². The van der Waals surface area contributed by atoms with Crippen LogP contribution in [-0.2, 0) is 0 Å². The zero-order chi connectivity index (χ0) is 40.6. The molecule has 0 aliphatic heterocycles. The maximum Gasteiger partial charge on any atom is 0.136 e. The van der Waals surface area contributed by atoms with Crippen LogP contribution in [0.1, 0.15) is 94.6 Å². The Hall–Kier alpha value is -5.14. The van der Waals surface area contributed by atoms with Gasteiger partial charge in [0, 0.05) is 10.8 Å². The molecular weight excluding hydrogens is 677 g/mol. The van der Waals surface area contributed by atoms with E-state index in [0.717, 1.165) is 11.2 Å². The van der Waals surface area contributed by atoms with Gasteiger partial charge >= 0.3 is 0 Å². The molecule has 0 aliphatic carbocycles. The van der Waals surface area contributed by atoms with Crippen LogP contribution in [0, 0.1) is 118 Å². The van der Waals surface area contributed by atoms with E-state index in [0.29, 0.717) is 0 Å². The minimum absolute atomic E-state index is 0.932. The lowest BCUT2D eigenvalue weighted by atomic mass is 9.73. The molecule has 0 amide bonds. The van der Waals surface area contributed by atoms with E-state index >= 15 is 0 Å². The first kappa shape index (κ1) is 37.8. The summed E-state index contributed by atoms with van der Waals surface area (Å²) in [6, 6.07) is 15.2. The normalized spacial score (nSPS) is 12.0. The minimum atomic E-state index is 0.932. The van der Waals surface area contributed by atoms with Crippen LogP contribution in [0.15, 0.2) is 46.9 Å². The van der Waals surface area contributed by atoms with Crippen molar-refractivity contribution in [3.05, 3.63) is 137 Å². The molecule has 1 nitrogen and oxygen atoms in total. The Balaban J connectivity index is 1.72. The summed E-state index contributed by atoms with van der Waals surface area (Å²) >= 11 is 0. The van der Waals surface area contributed by atoms with Gasteiger partial charge in [0.25, 0.3) is 0 Å². The lowest BCUT2D eigenvalue weighted by Crippen LogP contribution is -2.08. The number of furan rings is 1. The summed E-state index contributed by atoms with van der Waals surface area (Å²) in [6.45, 7) is 40.0. The molecule has 8 rings (SSSR count). The maximum absolute atomic E-state index is 6.58. The molecular formula is C55H58O. The molecule has 0 atom stereocenters. The number of hydrogen-bond donors (Lipinski definition) is 0. The second-order valence-electron chi connectivity index (χ2n) is 17.3. The minimum Gasteiger partial charge on any atom is -0.456 e. The molecule has 0 radical (unpaired) electrons. The molecule has 1 heteroatoms. The van der Waals surface area contributed by atoms with E-state index in [1.54, 1.807) is 0 Å². The monoisotopic (exact) mass is 734 g/mol. The fraction of sp³-hybridized carbons (Fsp3) is 0.309. The van der Waals surface area contributed by atoms with Crippen LogP contribution in [0.5, 0.6) is 0 Å². The van der Waals surface area contributed by atoms with Gasteiger partial charge in [0.1, 0.15) is 11.2 Å². The molecule has 0 N–H and O–H groups in total. The van der Waals surface area contributed by atoms with E-state index in [1.807, 2.05) is 0 Å². The Morgan fingerprint density at radius 2 is 0.589 bits per heavy atom. The highest BCUT2D eigenvalue weighted by Gasteiger charge is 2.30. The predicted octanol–water partition coefficient (Wildman–Crippen LogP) is 16.1. The van der Waals surface area contributed by atoms with Crippen LogP contribution in [0.4, 0.5) is 0 Å². The summed E-state index contributed by atoms with van der Waals surface area (Å²) in [7, 11) is 0. The van der Waals surface area contributed by atoms with Crippen molar-refractivity contribution >= 4 is 43.5 Å². The number of para-hydroxylation sites is 1. The second kappa shape index (κ2) is 13.0. The Morgan fingerprint density at radius 3 is 1.07 bits per heavy atom. The van der Waals surface area contributed by atoms with E-state index < -0.39 is 0 Å². The average molecular weight is 735 g/mol. The molecule has 0 aliphatic rings. The standard InChI is InChI=1S/C55H58O/c1-25-26(2)33(9)46(34(10)27(25)3)47-35(11)32(8)36(12)48(41(47)17)55-51-39(15)30(6)28(4)37(13)49(51)54(50-38(14)29(5)31(7)40(16)52(50)55)43-22-20-24-45-53(43)42-21-18-19-23-44(42)56-45/h18-24H,1-17H3. The van der Waals surface area contributed by atoms with Crippen molar-refractivity contribution < 1.29 is 4.42 Å². The molecule has 0 spiro atoms. The summed E-state index contributed by atoms with van der Waals surface area (Å²) in [5, 5.41) is 7.86. The van der Waals surface area contributed by atoms with Crippen LogP contribution >= 0.6 is 0 Å². The molecule has 8 aromatic rings. The van der Waals surface area contributed by atoms with Crippen LogP contribution in [0.2, 0.25) is 0 Å². The molecule has 7 aromatic carbocycles. The molecule has 56 heavy (non-hydrogen) atoms. The van der Waals surface area contributed by atoms with Crippen LogP contribution in [0.25, 0.3) is 76.9 Å². The van der Waals surface area contributed by atoms with Gasteiger partial charge in [0.15, 0.2) is 0 Å². The van der Waals surface area contributed by atoms with Crippen LogP contribution < -0.4 is 0 Å². The van der Waals surface area contributed by atoms with Crippen LogP contribution in [0.3, 0.4) is 0 Å². The van der Waals surface area contributed by atoms with Crippen molar-refractivity contribution in [1.29, 1.82) is 0 Å². The Labute approximate surface area is 334 Å². The second-order valence-corrected chi connectivity index (χ2v) is 17.3. The maximum atomic E-state index is 6.58. The molecule has 0 saturated heterocycles. The Bertz CT molecular complexity index is 2950. The summed E-state index contributed by atoms with van der Waals surface area (Å²) < 4.78 is 6.58. The molecule has 284 valence electrons. The summed E-state index contributed by atoms with van der Waals surface area (Å²) in [5.41, 5.74) is 33.5. The van der Waals surface area contributed by atoms with E-state index in [4.69, 9.17) is 4.42 Å². The van der Waals surface area contributed by atoms with E-state index in [2.05, 4.69) is 160 Å². The SMILES string of the molecule is Cc1c(C)c(C)c(-c2c(C)c(C)c(C)c(-c3c4c(C)c(C)c(C)c(C)c4c(-c4cccc5oc6ccccc6c45)c4c(C)c(C)c(C)c(C)c34)c2C)c(C)c1C.